The van der Waals surface area contributed by atoms with E-state index < -0.39 is 12.2 Å². The van der Waals surface area contributed by atoms with Crippen LogP contribution in [0.3, 0.4) is 0 Å². The summed E-state index contributed by atoms with van der Waals surface area (Å²) in [7, 11) is 0. The van der Waals surface area contributed by atoms with E-state index in [2.05, 4.69) is 15.9 Å². The van der Waals surface area contributed by atoms with Crippen LogP contribution in [0.4, 0.5) is 0 Å². The zero-order valence-corrected chi connectivity index (χ0v) is 7.86. The van der Waals surface area contributed by atoms with E-state index in [4.69, 9.17) is 9.84 Å². The first-order chi connectivity index (χ1) is 4.66. The van der Waals surface area contributed by atoms with Gasteiger partial charge in [-0.05, 0) is 6.92 Å². The Hall–Kier alpha value is 0.425. The maximum Gasteiger partial charge on any atom is 0.108 e. The van der Waals surface area contributed by atoms with Gasteiger partial charge < -0.3 is 14.9 Å². The molecule has 0 aromatic carbocycles. The van der Waals surface area contributed by atoms with E-state index in [0.29, 0.717) is 0 Å². The Balaban J connectivity index is 0.000001000. The SMILES string of the molecule is C[C@@H]1OC(CO)[C@@H](O)[C@@H]1Br.[B]. The van der Waals surface area contributed by atoms with Crippen molar-refractivity contribution in [3.8, 4) is 0 Å². The van der Waals surface area contributed by atoms with Crippen molar-refractivity contribution in [1.82, 2.24) is 0 Å². The highest BCUT2D eigenvalue weighted by molar-refractivity contribution is 9.09. The molecule has 0 aromatic heterocycles. The Morgan fingerprint density at radius 3 is 2.27 bits per heavy atom. The summed E-state index contributed by atoms with van der Waals surface area (Å²) in [4.78, 5) is -0.0513. The van der Waals surface area contributed by atoms with Gasteiger partial charge in [0.1, 0.15) is 6.10 Å². The summed E-state index contributed by atoms with van der Waals surface area (Å²) in [5.74, 6) is 0. The molecule has 0 aliphatic carbocycles. The molecule has 4 atom stereocenters. The molecule has 3 nitrogen and oxygen atoms in total. The number of alkyl halides is 1. The topological polar surface area (TPSA) is 49.7 Å². The van der Waals surface area contributed by atoms with Gasteiger partial charge in [-0.2, -0.15) is 0 Å². The molecule has 1 aliphatic heterocycles. The fourth-order valence-corrected chi connectivity index (χ4v) is 1.53. The maximum atomic E-state index is 9.30. The Bertz CT molecular complexity index is 124. The lowest BCUT2D eigenvalue weighted by molar-refractivity contribution is -0.0170. The van der Waals surface area contributed by atoms with Crippen LogP contribution in [-0.2, 0) is 4.74 Å². The van der Waals surface area contributed by atoms with Gasteiger partial charge in [0.15, 0.2) is 0 Å². The molecule has 1 unspecified atom stereocenters. The molecule has 63 valence electrons. The van der Waals surface area contributed by atoms with Gasteiger partial charge in [0.2, 0.25) is 0 Å². The highest BCUT2D eigenvalue weighted by Crippen LogP contribution is 2.26. The molecule has 3 radical (unpaired) electrons. The molecule has 2 N–H and O–H groups in total. The van der Waals surface area contributed by atoms with Gasteiger partial charge in [0.05, 0.1) is 23.6 Å². The minimum atomic E-state index is -0.583. The number of aliphatic hydroxyl groups is 2. The molecule has 1 aliphatic rings. The van der Waals surface area contributed by atoms with Crippen molar-refractivity contribution in [2.75, 3.05) is 6.61 Å². The second kappa shape index (κ2) is 4.45. The third kappa shape index (κ3) is 2.18. The van der Waals surface area contributed by atoms with Gasteiger partial charge in [-0.3, -0.25) is 0 Å². The molecule has 1 heterocycles. The summed E-state index contributed by atoms with van der Waals surface area (Å²) >= 11 is 3.26. The monoisotopic (exact) mass is 221 g/mol. The smallest absolute Gasteiger partial charge is 0.108 e. The number of hydrogen-bond donors (Lipinski definition) is 2. The largest absolute Gasteiger partial charge is 0.394 e. The Morgan fingerprint density at radius 1 is 1.55 bits per heavy atom. The van der Waals surface area contributed by atoms with Crippen molar-refractivity contribution in [1.29, 1.82) is 0 Å². The van der Waals surface area contributed by atoms with Crippen molar-refractivity contribution in [3.63, 3.8) is 0 Å². The van der Waals surface area contributed by atoms with Gasteiger partial charge in [-0.15, -0.1) is 0 Å². The van der Waals surface area contributed by atoms with Gasteiger partial charge in [0.25, 0.3) is 0 Å². The maximum absolute atomic E-state index is 9.30. The lowest BCUT2D eigenvalue weighted by Gasteiger charge is -2.10. The molecule has 1 fully saturated rings. The van der Waals surface area contributed by atoms with Gasteiger partial charge in [0, 0.05) is 8.41 Å². The molecular formula is C6H11BBrO3. The highest BCUT2D eigenvalue weighted by Gasteiger charge is 2.38. The fraction of sp³-hybridized carbons (Fsp3) is 1.00. The van der Waals surface area contributed by atoms with Gasteiger partial charge in [-0.25, -0.2) is 0 Å². The Morgan fingerprint density at radius 2 is 2.09 bits per heavy atom. The summed E-state index contributed by atoms with van der Waals surface area (Å²) in [5, 5.41) is 18.0. The summed E-state index contributed by atoms with van der Waals surface area (Å²) in [6.07, 6.45) is -1.02. The van der Waals surface area contributed by atoms with Crippen molar-refractivity contribution in [3.05, 3.63) is 0 Å². The highest BCUT2D eigenvalue weighted by atomic mass is 79.9. The first kappa shape index (κ1) is 11.4. The second-order valence-corrected chi connectivity index (χ2v) is 3.55. The Kier molecular flexibility index (Phi) is 4.62. The molecule has 0 saturated carbocycles. The first-order valence-electron chi connectivity index (χ1n) is 3.25. The van der Waals surface area contributed by atoms with Crippen LogP contribution in [0.5, 0.6) is 0 Å². The molecule has 0 spiro atoms. The molecule has 1 saturated heterocycles. The molecule has 0 aromatic rings. The van der Waals surface area contributed by atoms with Crippen molar-refractivity contribution in [2.45, 2.75) is 30.1 Å². The molecule has 11 heavy (non-hydrogen) atoms. The predicted octanol–water partition coefficient (Wildman–Crippen LogP) is -0.490. The van der Waals surface area contributed by atoms with Crippen LogP contribution in [0.25, 0.3) is 0 Å². The van der Waals surface area contributed by atoms with E-state index in [1.807, 2.05) is 6.92 Å². The summed E-state index contributed by atoms with van der Waals surface area (Å²) in [6.45, 7) is 1.74. The normalized spacial score (nSPS) is 43.6. The lowest BCUT2D eigenvalue weighted by atomic mass is 10.1. The lowest BCUT2D eigenvalue weighted by Crippen LogP contribution is -2.29. The summed E-state index contributed by atoms with van der Waals surface area (Å²) < 4.78 is 5.19. The van der Waals surface area contributed by atoms with Crippen LogP contribution in [0.15, 0.2) is 0 Å². The number of ether oxygens (including phenoxy) is 1. The number of halogens is 1. The van der Waals surface area contributed by atoms with E-state index in [1.165, 1.54) is 0 Å². The Labute approximate surface area is 76.4 Å². The van der Waals surface area contributed by atoms with Gasteiger partial charge in [-0.1, -0.05) is 15.9 Å². The van der Waals surface area contributed by atoms with Crippen LogP contribution in [-0.4, -0.2) is 48.4 Å². The summed E-state index contributed by atoms with van der Waals surface area (Å²) in [5.41, 5.74) is 0. The van der Waals surface area contributed by atoms with Crippen molar-refractivity contribution >= 4 is 24.3 Å². The zero-order valence-electron chi connectivity index (χ0n) is 6.27. The predicted molar refractivity (Wildman–Crippen MR) is 45.9 cm³/mol. The van der Waals surface area contributed by atoms with Gasteiger partial charge >= 0.3 is 0 Å². The zero-order chi connectivity index (χ0) is 7.72. The van der Waals surface area contributed by atoms with Crippen LogP contribution < -0.4 is 0 Å². The molecule has 0 amide bonds. The number of rotatable bonds is 1. The third-order valence-electron chi connectivity index (χ3n) is 1.73. The minimum Gasteiger partial charge on any atom is -0.394 e. The van der Waals surface area contributed by atoms with Crippen LogP contribution in [0.2, 0.25) is 0 Å². The van der Waals surface area contributed by atoms with E-state index in [9.17, 15) is 5.11 Å². The summed E-state index contributed by atoms with van der Waals surface area (Å²) in [6, 6.07) is 0. The van der Waals surface area contributed by atoms with E-state index in [-0.39, 0.29) is 26.0 Å². The molecular weight excluding hydrogens is 211 g/mol. The quantitative estimate of drug-likeness (QED) is 0.464. The molecule has 0 bridgehead atoms. The van der Waals surface area contributed by atoms with E-state index in [0.717, 1.165) is 0 Å². The molecule has 1 rings (SSSR count). The average molecular weight is 222 g/mol. The van der Waals surface area contributed by atoms with Crippen LogP contribution in [0.1, 0.15) is 6.92 Å². The van der Waals surface area contributed by atoms with Crippen molar-refractivity contribution in [2.24, 2.45) is 0 Å². The number of aliphatic hydroxyl groups excluding tert-OH is 2. The second-order valence-electron chi connectivity index (χ2n) is 2.50. The third-order valence-corrected chi connectivity index (χ3v) is 3.01. The minimum absolute atomic E-state index is 0. The van der Waals surface area contributed by atoms with Crippen LogP contribution in [0, 0.1) is 0 Å². The van der Waals surface area contributed by atoms with Crippen LogP contribution >= 0.6 is 15.9 Å². The van der Waals surface area contributed by atoms with Crippen molar-refractivity contribution < 1.29 is 14.9 Å². The molecule has 5 heteroatoms. The van der Waals surface area contributed by atoms with E-state index >= 15 is 0 Å². The number of hydrogen-bond acceptors (Lipinski definition) is 3. The average Bonchev–Trinajstić information content (AvgIpc) is 2.17. The van der Waals surface area contributed by atoms with E-state index in [1.54, 1.807) is 0 Å². The fourth-order valence-electron chi connectivity index (χ4n) is 1.07. The standard InChI is InChI=1S/C6H11BrO3.B/c1-3-5(7)6(9)4(2-8)10-3;/h3-6,8-9H,2H2,1H3;/t3-,4?,5+,6+;/m0./s1. The first-order valence-corrected chi connectivity index (χ1v) is 4.17.